The van der Waals surface area contributed by atoms with Crippen molar-refractivity contribution in [2.24, 2.45) is 0 Å². The second kappa shape index (κ2) is 16.1. The number of hydrogen-bond donors (Lipinski definition) is 0. The second-order valence-corrected chi connectivity index (χ2v) is 25.9. The van der Waals surface area contributed by atoms with E-state index in [9.17, 15) is 0 Å². The molecule has 340 valence electrons. The molecule has 13 rings (SSSR count). The zero-order valence-corrected chi connectivity index (χ0v) is 42.4. The average Bonchev–Trinajstić information content (AvgIpc) is 3.40. The lowest BCUT2D eigenvalue weighted by molar-refractivity contribution is 0.591. The van der Waals surface area contributed by atoms with E-state index in [1.165, 1.54) is 130 Å². The third-order valence-electron chi connectivity index (χ3n) is 15.8. The molecule has 0 nitrogen and oxygen atoms in total. The van der Waals surface area contributed by atoms with Crippen molar-refractivity contribution in [2.45, 2.75) is 52.4 Å². The Bertz CT molecular complexity index is 3820. The maximum absolute atomic E-state index is 2.71. The minimum Gasteiger partial charge on any atom is -0.0623 e. The van der Waals surface area contributed by atoms with E-state index in [0.29, 0.717) is 0 Å². The van der Waals surface area contributed by atoms with Crippen LogP contribution in [0.15, 0.2) is 231 Å². The molecule has 1 heteroatoms. The van der Waals surface area contributed by atoms with Gasteiger partial charge in [0.25, 0.3) is 0 Å². The molecular weight excluding hydrogens is 869 g/mol. The van der Waals surface area contributed by atoms with Gasteiger partial charge in [-0.25, -0.2) is 0 Å². The molecule has 0 radical (unpaired) electrons. The quantitative estimate of drug-likeness (QED) is 0.0849. The van der Waals surface area contributed by atoms with E-state index in [-0.39, 0.29) is 10.8 Å². The van der Waals surface area contributed by atoms with Crippen LogP contribution in [0.5, 0.6) is 0 Å². The van der Waals surface area contributed by atoms with Gasteiger partial charge in [0, 0.05) is 0 Å². The van der Waals surface area contributed by atoms with E-state index in [0.717, 1.165) is 0 Å². The first-order valence-electron chi connectivity index (χ1n) is 25.3. The van der Waals surface area contributed by atoms with E-state index in [1.807, 2.05) is 0 Å². The first kappa shape index (κ1) is 43.2. The Balaban J connectivity index is 1.05. The number of rotatable bonds is 7. The topological polar surface area (TPSA) is 0 Å². The minimum absolute atomic E-state index is 0.0550. The summed E-state index contributed by atoms with van der Waals surface area (Å²) < 4.78 is 0. The van der Waals surface area contributed by atoms with Crippen molar-refractivity contribution in [1.29, 1.82) is 0 Å². The lowest BCUT2D eigenvalue weighted by Gasteiger charge is -2.34. The molecule has 0 aliphatic carbocycles. The molecule has 0 saturated heterocycles. The Hall–Kier alpha value is -7.84. The molecule has 13 aromatic rings. The highest BCUT2D eigenvalue weighted by atomic mass is 28.3. The molecule has 0 spiro atoms. The van der Waals surface area contributed by atoms with Crippen molar-refractivity contribution in [2.75, 3.05) is 0 Å². The van der Waals surface area contributed by atoms with Crippen LogP contribution in [0.1, 0.15) is 52.7 Å². The Morgan fingerprint density at radius 1 is 0.254 bits per heavy atom. The van der Waals surface area contributed by atoms with Crippen molar-refractivity contribution in [3.8, 4) is 33.4 Å². The fraction of sp³-hybridized carbons (Fsp3) is 0.114. The molecule has 0 amide bonds. The standard InChI is InChI=1S/C70H56Si/c1-69(2,3)55-41-48-24-22-46-28-34-61(63-36-30-50(43-55)65(48)67(46)63)53-38-52(39-54(40-53)62-35-29-47-23-25-49-42-56(70(4,5)6)44-51-31-37-64(62)68(47)66(49)51)45-26-32-60(33-27-45)71(57-16-10-7-11-17-57,58-18-12-8-13-19-58)59-20-14-9-15-21-59/h7-44H,1-6H3. The number of hydrogen-bond acceptors (Lipinski definition) is 0. The van der Waals surface area contributed by atoms with Gasteiger partial charge < -0.3 is 0 Å². The van der Waals surface area contributed by atoms with Crippen LogP contribution in [0, 0.1) is 0 Å². The van der Waals surface area contributed by atoms with Gasteiger partial charge in [0.1, 0.15) is 0 Å². The van der Waals surface area contributed by atoms with Crippen LogP contribution in [-0.4, -0.2) is 8.07 Å². The zero-order valence-electron chi connectivity index (χ0n) is 41.4. The largest absolute Gasteiger partial charge is 0.179 e. The van der Waals surface area contributed by atoms with E-state index >= 15 is 0 Å². The molecule has 13 aromatic carbocycles. The predicted molar refractivity (Wildman–Crippen MR) is 311 cm³/mol. The van der Waals surface area contributed by atoms with Gasteiger partial charge in [-0.1, -0.05) is 254 Å². The molecule has 0 aromatic heterocycles. The van der Waals surface area contributed by atoms with Crippen LogP contribution in [0.25, 0.3) is 98.0 Å². The van der Waals surface area contributed by atoms with Gasteiger partial charge in [0.2, 0.25) is 0 Å². The molecular formula is C70H56Si. The summed E-state index contributed by atoms with van der Waals surface area (Å²) in [6.07, 6.45) is 0. The van der Waals surface area contributed by atoms with Gasteiger partial charge in [-0.3, -0.25) is 0 Å². The molecule has 0 atom stereocenters. The summed E-state index contributed by atoms with van der Waals surface area (Å²) in [5, 5.41) is 21.3. The molecule has 0 unspecified atom stereocenters. The van der Waals surface area contributed by atoms with Gasteiger partial charge in [-0.05, 0) is 159 Å². The van der Waals surface area contributed by atoms with Crippen LogP contribution < -0.4 is 20.7 Å². The average molecular weight is 925 g/mol. The first-order valence-corrected chi connectivity index (χ1v) is 27.3. The molecule has 0 bridgehead atoms. The normalized spacial score (nSPS) is 12.6. The lowest BCUT2D eigenvalue weighted by atomic mass is 9.82. The van der Waals surface area contributed by atoms with E-state index in [1.54, 1.807) is 0 Å². The smallest absolute Gasteiger partial charge is 0.0623 e. The van der Waals surface area contributed by atoms with E-state index in [2.05, 4.69) is 272 Å². The molecule has 0 fully saturated rings. The summed E-state index contributed by atoms with van der Waals surface area (Å²) in [5.74, 6) is 0. The Morgan fingerprint density at radius 3 is 0.958 bits per heavy atom. The SMILES string of the molecule is CC(C)(C)c1cc2ccc3ccc(-c4cc(-c5ccc([Si](c6ccccc6)(c6ccccc6)c6ccccc6)cc5)cc(-c5ccc6ccc7cc(C(C)(C)C)cc8ccc5c6c78)c4)c4ccc(c1)c2c34. The highest BCUT2D eigenvalue weighted by Crippen LogP contribution is 2.45. The van der Waals surface area contributed by atoms with Crippen molar-refractivity contribution < 1.29 is 0 Å². The Kier molecular flexibility index (Phi) is 9.80. The molecule has 0 N–H and O–H groups in total. The van der Waals surface area contributed by atoms with Crippen LogP contribution in [0.2, 0.25) is 0 Å². The van der Waals surface area contributed by atoms with Gasteiger partial charge in [0.15, 0.2) is 8.07 Å². The summed E-state index contributed by atoms with van der Waals surface area (Å²) >= 11 is 0. The van der Waals surface area contributed by atoms with Gasteiger partial charge >= 0.3 is 0 Å². The second-order valence-electron chi connectivity index (χ2n) is 22.1. The van der Waals surface area contributed by atoms with Crippen molar-refractivity contribution >= 4 is 93.5 Å². The first-order chi connectivity index (χ1) is 34.4. The maximum atomic E-state index is 2.46. The fourth-order valence-corrected chi connectivity index (χ4v) is 16.8. The fourth-order valence-electron chi connectivity index (χ4n) is 12.1. The Labute approximate surface area is 418 Å². The van der Waals surface area contributed by atoms with E-state index in [4.69, 9.17) is 0 Å². The van der Waals surface area contributed by atoms with Crippen molar-refractivity contribution in [3.05, 3.63) is 242 Å². The van der Waals surface area contributed by atoms with Gasteiger partial charge in [-0.15, -0.1) is 0 Å². The monoisotopic (exact) mass is 924 g/mol. The van der Waals surface area contributed by atoms with Gasteiger partial charge in [0.05, 0.1) is 0 Å². The highest BCUT2D eigenvalue weighted by molar-refractivity contribution is 7.19. The maximum Gasteiger partial charge on any atom is 0.179 e. The summed E-state index contributed by atoms with van der Waals surface area (Å²) in [6.45, 7) is 13.9. The van der Waals surface area contributed by atoms with Crippen LogP contribution in [0.3, 0.4) is 0 Å². The summed E-state index contributed by atoms with van der Waals surface area (Å²) in [4.78, 5) is 0. The summed E-state index contributed by atoms with van der Waals surface area (Å²) in [6, 6.07) is 88.6. The third kappa shape index (κ3) is 6.93. The highest BCUT2D eigenvalue weighted by Gasteiger charge is 2.41. The zero-order chi connectivity index (χ0) is 48.2. The molecule has 0 aliphatic rings. The van der Waals surface area contributed by atoms with Crippen LogP contribution >= 0.6 is 0 Å². The molecule has 0 aliphatic heterocycles. The van der Waals surface area contributed by atoms with Crippen molar-refractivity contribution in [1.82, 2.24) is 0 Å². The van der Waals surface area contributed by atoms with Crippen molar-refractivity contribution in [3.63, 3.8) is 0 Å². The number of benzene rings is 13. The molecule has 71 heavy (non-hydrogen) atoms. The minimum atomic E-state index is -2.71. The van der Waals surface area contributed by atoms with Crippen LogP contribution in [-0.2, 0) is 10.8 Å². The Morgan fingerprint density at radius 2 is 0.577 bits per heavy atom. The summed E-state index contributed by atoms with van der Waals surface area (Å²) in [5.41, 5.74) is 10.2. The predicted octanol–water partition coefficient (Wildman–Crippen LogP) is 16.5. The lowest BCUT2D eigenvalue weighted by Crippen LogP contribution is -2.74. The third-order valence-corrected chi connectivity index (χ3v) is 20.6. The van der Waals surface area contributed by atoms with Gasteiger partial charge in [-0.2, -0.15) is 0 Å². The molecule has 0 heterocycles. The van der Waals surface area contributed by atoms with E-state index < -0.39 is 8.07 Å². The molecule has 0 saturated carbocycles. The summed E-state index contributed by atoms with van der Waals surface area (Å²) in [7, 11) is -2.71. The van der Waals surface area contributed by atoms with Crippen LogP contribution in [0.4, 0.5) is 0 Å².